The van der Waals surface area contributed by atoms with Crippen molar-refractivity contribution in [2.45, 2.75) is 44.4 Å². The Morgan fingerprint density at radius 1 is 0.959 bits per heavy atom. The van der Waals surface area contributed by atoms with Crippen molar-refractivity contribution in [3.63, 3.8) is 0 Å². The Morgan fingerprint density at radius 3 is 2.14 bits per heavy atom. The maximum Gasteiger partial charge on any atom is 0.243 e. The number of hydrogen-bond acceptors (Lipinski definition) is 12. The number of carbonyl (C=O) groups is 7. The number of Topliss-reactive ketones (excluding diaryl/α,β-unsaturated/α-hetero) is 4. The van der Waals surface area contributed by atoms with Gasteiger partial charge in [0.1, 0.15) is 5.75 Å². The largest absolute Gasteiger partial charge is 0.505 e. The molecule has 2 aromatic carbocycles. The van der Waals surface area contributed by atoms with Crippen LogP contribution < -0.4 is 21.7 Å². The van der Waals surface area contributed by atoms with Crippen LogP contribution in [0.25, 0.3) is 0 Å². The number of rotatable bonds is 8. The minimum Gasteiger partial charge on any atom is -0.505 e. The topological polar surface area (TPSA) is 246 Å². The fourth-order valence-electron chi connectivity index (χ4n) is 7.42. The molecule has 6 unspecified atom stereocenters. The zero-order chi connectivity index (χ0) is 36.3. The molecule has 0 heterocycles. The third kappa shape index (κ3) is 5.66. The number of anilines is 3. The number of ketones is 4. The SMILES string of the molecule is CC(C)C(=O)Nc1ccc(NCC(=O)Nc2ccc3c(c2O)C(=O)C2C(=O)[C@]4(O)C(=O)C(C(N)=O)C(=O)[C@@H](N(C)C)C4C(O)C2C3C)cc1. The highest BCUT2D eigenvalue weighted by molar-refractivity contribution is 6.32. The monoisotopic (exact) mass is 677 g/mol. The molecule has 8 N–H and O–H groups in total. The molecule has 8 atom stereocenters. The normalized spacial score (nSPS) is 29.2. The van der Waals surface area contributed by atoms with Gasteiger partial charge in [-0.15, -0.1) is 0 Å². The molecular weight excluding hydrogens is 638 g/mol. The number of aliphatic hydroxyl groups excluding tert-OH is 1. The lowest BCUT2D eigenvalue weighted by Gasteiger charge is -2.56. The maximum atomic E-state index is 14.1. The van der Waals surface area contributed by atoms with E-state index in [1.807, 2.05) is 0 Å². The number of hydrogen-bond donors (Lipinski definition) is 7. The zero-order valence-electron chi connectivity index (χ0n) is 27.5. The summed E-state index contributed by atoms with van der Waals surface area (Å²) in [5.41, 5.74) is 3.11. The van der Waals surface area contributed by atoms with E-state index < -0.39 is 88.0 Å². The van der Waals surface area contributed by atoms with E-state index in [0.717, 1.165) is 0 Å². The summed E-state index contributed by atoms with van der Waals surface area (Å²) in [5.74, 6) is -15.5. The number of benzene rings is 2. The van der Waals surface area contributed by atoms with E-state index in [2.05, 4.69) is 16.0 Å². The van der Waals surface area contributed by atoms with Crippen molar-refractivity contribution in [1.82, 2.24) is 4.90 Å². The average Bonchev–Trinajstić information content (AvgIpc) is 3.03. The first kappa shape index (κ1) is 35.3. The quantitative estimate of drug-likeness (QED) is 0.145. The average molecular weight is 678 g/mol. The number of aliphatic hydroxyl groups is 2. The van der Waals surface area contributed by atoms with Crippen LogP contribution in [0, 0.1) is 29.6 Å². The Bertz CT molecular complexity index is 1770. The zero-order valence-corrected chi connectivity index (χ0v) is 27.5. The summed E-state index contributed by atoms with van der Waals surface area (Å²) in [6.07, 6.45) is -1.75. The third-order valence-electron chi connectivity index (χ3n) is 9.89. The van der Waals surface area contributed by atoms with Crippen molar-refractivity contribution in [1.29, 1.82) is 0 Å². The van der Waals surface area contributed by atoms with E-state index in [0.29, 0.717) is 11.4 Å². The Kier molecular flexibility index (Phi) is 9.23. The fraction of sp³-hybridized carbons (Fsp3) is 0.441. The number of carbonyl (C=O) groups excluding carboxylic acids is 7. The first-order chi connectivity index (χ1) is 22.9. The summed E-state index contributed by atoms with van der Waals surface area (Å²) in [4.78, 5) is 93.2. The first-order valence-corrected chi connectivity index (χ1v) is 15.8. The number of aromatic hydroxyl groups is 1. The standard InChI is InChI=1S/C34H39N5O10/c1-13(2)33(48)37-16-8-6-15(7-9-16)36-12-19(40)38-18-11-10-17-14(3)20-22(27(42)21(17)26(18)41)30(45)34(49)24(28(20)43)25(39(4)5)29(44)23(31(34)46)32(35)47/h6-11,13-14,20,22-25,28,36,41,43,49H,12H2,1-5H3,(H2,35,47)(H,37,48)(H,38,40)/t14?,20?,22?,23?,24?,25-,28?,34-/m0/s1. The molecule has 2 saturated carbocycles. The van der Waals surface area contributed by atoms with E-state index in [9.17, 15) is 48.9 Å². The number of amides is 3. The van der Waals surface area contributed by atoms with E-state index in [-0.39, 0.29) is 35.2 Å². The Balaban J connectivity index is 1.41. The van der Waals surface area contributed by atoms with Gasteiger partial charge in [0.05, 0.1) is 41.8 Å². The van der Waals surface area contributed by atoms with Gasteiger partial charge in [-0.25, -0.2) is 0 Å². The van der Waals surface area contributed by atoms with Gasteiger partial charge in [0.25, 0.3) is 0 Å². The summed E-state index contributed by atoms with van der Waals surface area (Å²) in [7, 11) is 2.83. The Hall–Kier alpha value is -4.99. The van der Waals surface area contributed by atoms with Crippen molar-refractivity contribution >= 4 is 57.9 Å². The highest BCUT2D eigenvalue weighted by Crippen LogP contribution is 2.55. The van der Waals surface area contributed by atoms with Crippen molar-refractivity contribution in [2.75, 3.05) is 36.6 Å². The van der Waals surface area contributed by atoms with Crippen LogP contribution in [0.15, 0.2) is 36.4 Å². The number of nitrogens with two attached hydrogens (primary N) is 1. The molecule has 2 fully saturated rings. The van der Waals surface area contributed by atoms with Gasteiger partial charge in [-0.2, -0.15) is 0 Å². The van der Waals surface area contributed by atoms with Gasteiger partial charge >= 0.3 is 0 Å². The number of fused-ring (bicyclic) bond motifs is 3. The molecule has 5 rings (SSSR count). The molecular formula is C34H39N5O10. The highest BCUT2D eigenvalue weighted by atomic mass is 16.3. The molecule has 2 aromatic rings. The summed E-state index contributed by atoms with van der Waals surface area (Å²) >= 11 is 0. The van der Waals surface area contributed by atoms with Crippen LogP contribution in [0.2, 0.25) is 0 Å². The molecule has 15 nitrogen and oxygen atoms in total. The van der Waals surface area contributed by atoms with Gasteiger partial charge in [0.2, 0.25) is 17.7 Å². The molecule has 0 aromatic heterocycles. The number of likely N-dealkylation sites (N-methyl/N-ethyl adjacent to an activating group) is 1. The maximum absolute atomic E-state index is 14.1. The number of phenolic OH excluding ortho intramolecular Hbond substituents is 1. The summed E-state index contributed by atoms with van der Waals surface area (Å²) < 4.78 is 0. The minimum atomic E-state index is -3.11. The van der Waals surface area contributed by atoms with Gasteiger partial charge in [-0.1, -0.05) is 26.8 Å². The van der Waals surface area contributed by atoms with Crippen LogP contribution in [0.3, 0.4) is 0 Å². The minimum absolute atomic E-state index is 0.147. The Morgan fingerprint density at radius 2 is 1.57 bits per heavy atom. The molecule has 0 bridgehead atoms. The molecule has 3 amide bonds. The predicted molar refractivity (Wildman–Crippen MR) is 174 cm³/mol. The smallest absolute Gasteiger partial charge is 0.243 e. The molecule has 3 aliphatic rings. The van der Waals surface area contributed by atoms with E-state index in [1.54, 1.807) is 45.0 Å². The molecule has 0 aliphatic heterocycles. The Labute approximate surface area is 281 Å². The fourth-order valence-corrected chi connectivity index (χ4v) is 7.42. The van der Waals surface area contributed by atoms with Crippen molar-refractivity contribution in [3.8, 4) is 5.75 Å². The van der Waals surface area contributed by atoms with E-state index >= 15 is 0 Å². The van der Waals surface area contributed by atoms with Crippen LogP contribution >= 0.6 is 0 Å². The second-order valence-electron chi connectivity index (χ2n) is 13.4. The van der Waals surface area contributed by atoms with Crippen molar-refractivity contribution < 1.29 is 48.9 Å². The van der Waals surface area contributed by atoms with Gasteiger partial charge in [0.15, 0.2) is 34.7 Å². The number of primary amides is 1. The highest BCUT2D eigenvalue weighted by Gasteiger charge is 2.72. The van der Waals surface area contributed by atoms with Crippen LogP contribution in [0.4, 0.5) is 17.1 Å². The molecule has 0 spiro atoms. The van der Waals surface area contributed by atoms with Crippen LogP contribution in [0.5, 0.6) is 5.75 Å². The summed E-state index contributed by atoms with van der Waals surface area (Å²) in [5, 5.41) is 42.9. The molecule has 3 aliphatic carbocycles. The van der Waals surface area contributed by atoms with Crippen LogP contribution in [-0.2, 0) is 28.8 Å². The number of phenols is 1. The van der Waals surface area contributed by atoms with Crippen molar-refractivity contribution in [3.05, 3.63) is 47.5 Å². The van der Waals surface area contributed by atoms with Crippen LogP contribution in [0.1, 0.15) is 42.6 Å². The van der Waals surface area contributed by atoms with Gasteiger partial charge in [0, 0.05) is 23.2 Å². The lowest BCUT2D eigenvalue weighted by atomic mass is 9.49. The van der Waals surface area contributed by atoms with E-state index in [4.69, 9.17) is 5.73 Å². The van der Waals surface area contributed by atoms with Crippen molar-refractivity contribution in [2.24, 2.45) is 35.3 Å². The first-order valence-electron chi connectivity index (χ1n) is 15.8. The summed E-state index contributed by atoms with van der Waals surface area (Å²) in [6, 6.07) is 7.99. The van der Waals surface area contributed by atoms with Crippen LogP contribution in [-0.4, -0.2) is 99.5 Å². The lowest BCUT2D eigenvalue weighted by molar-refractivity contribution is -0.196. The van der Waals surface area contributed by atoms with Gasteiger partial charge < -0.3 is 37.0 Å². The molecule has 0 saturated heterocycles. The third-order valence-corrected chi connectivity index (χ3v) is 9.89. The molecule has 0 radical (unpaired) electrons. The predicted octanol–water partition coefficient (Wildman–Crippen LogP) is 0.0439. The number of nitrogens with zero attached hydrogens (tertiary/aromatic N) is 1. The molecule has 15 heteroatoms. The van der Waals surface area contributed by atoms with E-state index in [1.165, 1.54) is 31.1 Å². The molecule has 260 valence electrons. The molecule has 49 heavy (non-hydrogen) atoms. The van der Waals surface area contributed by atoms with Gasteiger partial charge in [-0.3, -0.25) is 38.5 Å². The number of nitrogens with one attached hydrogen (secondary N) is 3. The second-order valence-corrected chi connectivity index (χ2v) is 13.4. The summed E-state index contributed by atoms with van der Waals surface area (Å²) in [6.45, 7) is 4.87. The van der Waals surface area contributed by atoms with Gasteiger partial charge in [-0.05, 0) is 55.9 Å². The second kappa shape index (κ2) is 12.8. The lowest BCUT2D eigenvalue weighted by Crippen LogP contribution is -2.77.